The van der Waals surface area contributed by atoms with E-state index in [9.17, 15) is 4.79 Å². The highest BCUT2D eigenvalue weighted by Crippen LogP contribution is 2.44. The zero-order valence-corrected chi connectivity index (χ0v) is 12.6. The zero-order valence-electron chi connectivity index (χ0n) is 12.6. The van der Waals surface area contributed by atoms with Crippen molar-refractivity contribution in [2.24, 2.45) is 17.8 Å². The Morgan fingerprint density at radius 1 is 1.05 bits per heavy atom. The van der Waals surface area contributed by atoms with Gasteiger partial charge < -0.3 is 4.74 Å². The maximum Gasteiger partial charge on any atom is 0.338 e. The molecule has 3 unspecified atom stereocenters. The van der Waals surface area contributed by atoms with E-state index in [0.29, 0.717) is 18.1 Å². The van der Waals surface area contributed by atoms with E-state index >= 15 is 0 Å². The first kappa shape index (κ1) is 13.6. The molecular weight excluding hydrogens is 272 g/mol. The van der Waals surface area contributed by atoms with Crippen molar-refractivity contribution in [2.45, 2.75) is 19.3 Å². The zero-order chi connectivity index (χ0) is 14.9. The Morgan fingerprint density at radius 3 is 2.73 bits per heavy atom. The standard InChI is InChI=1S/C20H20O2/c21-20(19-7-3-5-15-4-1-2-6-18(15)19)22-11-10-17-13-14-8-9-16(17)12-14/h1-9,14,16-17H,10-13H2. The molecule has 22 heavy (non-hydrogen) atoms. The van der Waals surface area contributed by atoms with Crippen LogP contribution in [0.5, 0.6) is 0 Å². The van der Waals surface area contributed by atoms with E-state index in [2.05, 4.69) is 12.2 Å². The summed E-state index contributed by atoms with van der Waals surface area (Å²) in [5.74, 6) is 2.01. The number of allylic oxidation sites excluding steroid dienone is 2. The van der Waals surface area contributed by atoms with E-state index in [1.165, 1.54) is 12.8 Å². The van der Waals surface area contributed by atoms with Crippen molar-refractivity contribution in [3.63, 3.8) is 0 Å². The van der Waals surface area contributed by atoms with Gasteiger partial charge in [-0.3, -0.25) is 0 Å². The monoisotopic (exact) mass is 292 g/mol. The smallest absolute Gasteiger partial charge is 0.338 e. The molecule has 2 nitrogen and oxygen atoms in total. The molecule has 4 rings (SSSR count). The predicted molar refractivity (Wildman–Crippen MR) is 87.7 cm³/mol. The Bertz CT molecular complexity index is 726. The minimum atomic E-state index is -0.199. The summed E-state index contributed by atoms with van der Waals surface area (Å²) in [4.78, 5) is 12.4. The molecule has 2 aromatic rings. The Labute approximate surface area is 130 Å². The highest BCUT2D eigenvalue weighted by molar-refractivity contribution is 6.04. The van der Waals surface area contributed by atoms with Crippen LogP contribution in [0.3, 0.4) is 0 Å². The molecule has 0 amide bonds. The lowest BCUT2D eigenvalue weighted by Gasteiger charge is -2.17. The number of ether oxygens (including phenoxy) is 1. The van der Waals surface area contributed by atoms with Gasteiger partial charge in [-0.05, 0) is 53.9 Å². The summed E-state index contributed by atoms with van der Waals surface area (Å²) in [7, 11) is 0. The number of hydrogen-bond acceptors (Lipinski definition) is 2. The highest BCUT2D eigenvalue weighted by atomic mass is 16.5. The van der Waals surface area contributed by atoms with Crippen molar-refractivity contribution in [1.82, 2.24) is 0 Å². The molecule has 0 radical (unpaired) electrons. The van der Waals surface area contributed by atoms with Gasteiger partial charge in [0.15, 0.2) is 0 Å². The summed E-state index contributed by atoms with van der Waals surface area (Å²) in [6.45, 7) is 0.532. The summed E-state index contributed by atoms with van der Waals surface area (Å²) >= 11 is 0. The Balaban J connectivity index is 1.40. The second kappa shape index (κ2) is 5.60. The van der Waals surface area contributed by atoms with Crippen LogP contribution in [0.4, 0.5) is 0 Å². The lowest BCUT2D eigenvalue weighted by atomic mass is 9.91. The third-order valence-electron chi connectivity index (χ3n) is 5.15. The van der Waals surface area contributed by atoms with Gasteiger partial charge in [-0.25, -0.2) is 4.79 Å². The molecule has 0 saturated heterocycles. The maximum atomic E-state index is 12.4. The van der Waals surface area contributed by atoms with Crippen LogP contribution in [0.15, 0.2) is 54.6 Å². The number of esters is 1. The molecule has 2 heteroatoms. The minimum Gasteiger partial charge on any atom is -0.462 e. The molecule has 3 atom stereocenters. The van der Waals surface area contributed by atoms with Gasteiger partial charge in [-0.2, -0.15) is 0 Å². The summed E-state index contributed by atoms with van der Waals surface area (Å²) in [5, 5.41) is 2.05. The molecule has 0 heterocycles. The fraction of sp³-hybridized carbons (Fsp3) is 0.350. The molecule has 2 bridgehead atoms. The van der Waals surface area contributed by atoms with Crippen LogP contribution in [0.25, 0.3) is 10.8 Å². The van der Waals surface area contributed by atoms with Gasteiger partial charge in [0.05, 0.1) is 12.2 Å². The van der Waals surface area contributed by atoms with Crippen LogP contribution < -0.4 is 0 Å². The Morgan fingerprint density at radius 2 is 1.91 bits per heavy atom. The van der Waals surface area contributed by atoms with Gasteiger partial charge in [0, 0.05) is 0 Å². The molecule has 112 valence electrons. The van der Waals surface area contributed by atoms with Crippen molar-refractivity contribution >= 4 is 16.7 Å². The van der Waals surface area contributed by atoms with Gasteiger partial charge >= 0.3 is 5.97 Å². The van der Waals surface area contributed by atoms with Crippen molar-refractivity contribution in [3.8, 4) is 0 Å². The average molecular weight is 292 g/mol. The maximum absolute atomic E-state index is 12.4. The van der Waals surface area contributed by atoms with E-state index in [-0.39, 0.29) is 5.97 Å². The molecule has 0 aromatic heterocycles. The van der Waals surface area contributed by atoms with Crippen molar-refractivity contribution in [3.05, 3.63) is 60.2 Å². The first-order valence-corrected chi connectivity index (χ1v) is 8.14. The van der Waals surface area contributed by atoms with Gasteiger partial charge in [-0.1, -0.05) is 48.6 Å². The Kier molecular flexibility index (Phi) is 3.45. The average Bonchev–Trinajstić information content (AvgIpc) is 3.17. The lowest BCUT2D eigenvalue weighted by Crippen LogP contribution is -2.13. The number of carbonyl (C=O) groups is 1. The van der Waals surface area contributed by atoms with E-state index in [1.54, 1.807) is 0 Å². The van der Waals surface area contributed by atoms with E-state index < -0.39 is 0 Å². The molecule has 2 aromatic carbocycles. The second-order valence-electron chi connectivity index (χ2n) is 6.49. The fourth-order valence-corrected chi connectivity index (χ4v) is 4.01. The van der Waals surface area contributed by atoms with E-state index in [0.717, 1.165) is 29.0 Å². The number of benzene rings is 2. The molecule has 0 N–H and O–H groups in total. The van der Waals surface area contributed by atoms with Crippen molar-refractivity contribution in [1.29, 1.82) is 0 Å². The van der Waals surface area contributed by atoms with Crippen LogP contribution in [0.2, 0.25) is 0 Å². The summed E-state index contributed by atoms with van der Waals surface area (Å²) < 4.78 is 5.54. The Hall–Kier alpha value is -2.09. The van der Waals surface area contributed by atoms with Crippen molar-refractivity contribution < 1.29 is 9.53 Å². The molecule has 1 fully saturated rings. The summed E-state index contributed by atoms with van der Waals surface area (Å²) in [5.41, 5.74) is 0.672. The van der Waals surface area contributed by atoms with Crippen LogP contribution >= 0.6 is 0 Å². The molecule has 0 aliphatic heterocycles. The lowest BCUT2D eigenvalue weighted by molar-refractivity contribution is 0.0480. The molecule has 2 aliphatic rings. The second-order valence-corrected chi connectivity index (χ2v) is 6.49. The summed E-state index contributed by atoms with van der Waals surface area (Å²) in [6.07, 6.45) is 8.27. The first-order chi connectivity index (χ1) is 10.8. The fourth-order valence-electron chi connectivity index (χ4n) is 4.01. The highest BCUT2D eigenvalue weighted by Gasteiger charge is 2.35. The van der Waals surface area contributed by atoms with Crippen LogP contribution in [-0.4, -0.2) is 12.6 Å². The van der Waals surface area contributed by atoms with Crippen LogP contribution in [0, 0.1) is 17.8 Å². The van der Waals surface area contributed by atoms with E-state index in [4.69, 9.17) is 4.74 Å². The van der Waals surface area contributed by atoms with E-state index in [1.807, 2.05) is 42.5 Å². The third-order valence-corrected chi connectivity index (χ3v) is 5.15. The third kappa shape index (κ3) is 2.43. The number of fused-ring (bicyclic) bond motifs is 3. The molecule has 1 saturated carbocycles. The number of carbonyl (C=O) groups excluding carboxylic acids is 1. The minimum absolute atomic E-state index is 0.199. The molecule has 2 aliphatic carbocycles. The summed E-state index contributed by atoms with van der Waals surface area (Å²) in [6, 6.07) is 13.7. The quantitative estimate of drug-likeness (QED) is 0.608. The number of hydrogen-bond donors (Lipinski definition) is 0. The van der Waals surface area contributed by atoms with Crippen LogP contribution in [-0.2, 0) is 4.74 Å². The molecular formula is C20H20O2. The largest absolute Gasteiger partial charge is 0.462 e. The van der Waals surface area contributed by atoms with Gasteiger partial charge in [-0.15, -0.1) is 0 Å². The SMILES string of the molecule is O=C(OCCC1CC2C=CC1C2)c1cccc2ccccc12. The predicted octanol–water partition coefficient (Wildman–Crippen LogP) is 4.60. The normalized spacial score (nSPS) is 25.7. The van der Waals surface area contributed by atoms with Gasteiger partial charge in [0.25, 0.3) is 0 Å². The molecule has 0 spiro atoms. The first-order valence-electron chi connectivity index (χ1n) is 8.14. The number of rotatable bonds is 4. The van der Waals surface area contributed by atoms with Gasteiger partial charge in [0.2, 0.25) is 0 Å². The van der Waals surface area contributed by atoms with Crippen LogP contribution in [0.1, 0.15) is 29.6 Å². The van der Waals surface area contributed by atoms with Crippen molar-refractivity contribution in [2.75, 3.05) is 6.61 Å². The topological polar surface area (TPSA) is 26.3 Å². The van der Waals surface area contributed by atoms with Gasteiger partial charge in [0.1, 0.15) is 0 Å².